The first kappa shape index (κ1) is 15.1. The molecule has 0 bridgehead atoms. The molecule has 0 spiro atoms. The van der Waals surface area contributed by atoms with Crippen molar-refractivity contribution in [1.29, 1.82) is 0 Å². The summed E-state index contributed by atoms with van der Waals surface area (Å²) in [5.41, 5.74) is 6.42. The van der Waals surface area contributed by atoms with E-state index in [1.165, 1.54) is 12.1 Å². The number of nitrogens with two attached hydrogens (primary N) is 1. The van der Waals surface area contributed by atoms with Crippen molar-refractivity contribution >= 4 is 11.6 Å². The molecule has 0 aromatic heterocycles. The molecule has 6 heteroatoms. The van der Waals surface area contributed by atoms with Gasteiger partial charge in [0.2, 0.25) is 5.91 Å². The fourth-order valence-electron chi connectivity index (χ4n) is 1.67. The third-order valence-corrected chi connectivity index (χ3v) is 2.91. The highest BCUT2D eigenvalue weighted by atomic mass is 16.6. The van der Waals surface area contributed by atoms with E-state index in [1.54, 1.807) is 12.1 Å². The number of hydrogen-bond donors (Lipinski definition) is 2. The Morgan fingerprint density at radius 2 is 2.05 bits per heavy atom. The van der Waals surface area contributed by atoms with Crippen LogP contribution < -0.4 is 11.1 Å². The number of amides is 1. The number of carbonyl (C=O) groups is 1. The van der Waals surface area contributed by atoms with Crippen molar-refractivity contribution in [3.8, 4) is 0 Å². The Hall–Kier alpha value is -1.95. The highest BCUT2D eigenvalue weighted by Gasteiger charge is 2.10. The van der Waals surface area contributed by atoms with Gasteiger partial charge in [0.1, 0.15) is 0 Å². The molecular formula is C13H19N3O3. The van der Waals surface area contributed by atoms with E-state index in [0.717, 1.165) is 5.56 Å². The van der Waals surface area contributed by atoms with E-state index < -0.39 is 4.92 Å². The molecule has 3 N–H and O–H groups in total. The maximum Gasteiger partial charge on any atom is 0.269 e. The summed E-state index contributed by atoms with van der Waals surface area (Å²) in [4.78, 5) is 21.7. The van der Waals surface area contributed by atoms with Crippen molar-refractivity contribution in [2.75, 3.05) is 13.1 Å². The summed E-state index contributed by atoms with van der Waals surface area (Å²) in [7, 11) is 0. The van der Waals surface area contributed by atoms with E-state index in [9.17, 15) is 14.9 Å². The lowest BCUT2D eigenvalue weighted by Crippen LogP contribution is -2.31. The number of nitrogens with zero attached hydrogens (tertiary/aromatic N) is 1. The monoisotopic (exact) mass is 265 g/mol. The Morgan fingerprint density at radius 3 is 2.58 bits per heavy atom. The molecule has 104 valence electrons. The van der Waals surface area contributed by atoms with Crippen LogP contribution in [0.5, 0.6) is 0 Å². The third kappa shape index (κ3) is 5.05. The Labute approximate surface area is 112 Å². The van der Waals surface area contributed by atoms with Crippen LogP contribution in [0.2, 0.25) is 0 Å². The van der Waals surface area contributed by atoms with E-state index in [1.807, 2.05) is 6.92 Å². The predicted octanol–water partition coefficient (Wildman–Crippen LogP) is 1.24. The van der Waals surface area contributed by atoms with Crippen molar-refractivity contribution in [3.63, 3.8) is 0 Å². The van der Waals surface area contributed by atoms with E-state index in [-0.39, 0.29) is 17.5 Å². The van der Waals surface area contributed by atoms with E-state index in [2.05, 4.69) is 5.32 Å². The molecule has 19 heavy (non-hydrogen) atoms. The van der Waals surface area contributed by atoms with Crippen LogP contribution in [0.1, 0.15) is 18.9 Å². The van der Waals surface area contributed by atoms with Gasteiger partial charge in [0.25, 0.3) is 5.69 Å². The average molecular weight is 265 g/mol. The lowest BCUT2D eigenvalue weighted by atomic mass is 10.1. The molecule has 0 fully saturated rings. The quantitative estimate of drug-likeness (QED) is 0.572. The maximum absolute atomic E-state index is 11.6. The highest BCUT2D eigenvalue weighted by molar-refractivity contribution is 5.78. The second-order valence-electron chi connectivity index (χ2n) is 4.44. The van der Waals surface area contributed by atoms with E-state index in [4.69, 9.17) is 5.73 Å². The summed E-state index contributed by atoms with van der Waals surface area (Å²) in [5, 5.41) is 13.3. The van der Waals surface area contributed by atoms with Gasteiger partial charge in [0.15, 0.2) is 0 Å². The molecular weight excluding hydrogens is 246 g/mol. The van der Waals surface area contributed by atoms with E-state index in [0.29, 0.717) is 25.9 Å². The molecule has 0 saturated heterocycles. The van der Waals surface area contributed by atoms with Gasteiger partial charge in [-0.1, -0.05) is 19.1 Å². The number of nitro groups is 1. The van der Waals surface area contributed by atoms with Crippen molar-refractivity contribution in [2.45, 2.75) is 19.8 Å². The van der Waals surface area contributed by atoms with Crippen LogP contribution in [-0.2, 0) is 11.2 Å². The molecule has 0 heterocycles. The van der Waals surface area contributed by atoms with Gasteiger partial charge in [0, 0.05) is 24.6 Å². The number of non-ortho nitro benzene ring substituents is 1. The molecule has 0 aliphatic rings. The van der Waals surface area contributed by atoms with Crippen LogP contribution in [0.4, 0.5) is 5.69 Å². The van der Waals surface area contributed by atoms with Crippen LogP contribution in [0.15, 0.2) is 24.3 Å². The van der Waals surface area contributed by atoms with Gasteiger partial charge in [-0.3, -0.25) is 14.9 Å². The van der Waals surface area contributed by atoms with Crippen LogP contribution in [0.3, 0.4) is 0 Å². The summed E-state index contributed by atoms with van der Waals surface area (Å²) >= 11 is 0. The first-order chi connectivity index (χ1) is 9.04. The number of hydrogen-bond acceptors (Lipinski definition) is 4. The molecule has 1 unspecified atom stereocenters. The fraction of sp³-hybridized carbons (Fsp3) is 0.462. The highest BCUT2D eigenvalue weighted by Crippen LogP contribution is 2.12. The van der Waals surface area contributed by atoms with E-state index >= 15 is 0 Å². The standard InChI is InChI=1S/C13H19N3O3/c1-10(6-8-14)13(17)15-9-7-11-2-4-12(5-3-11)16(18)19/h2-5,10H,6-9,14H2,1H3,(H,15,17). The number of benzene rings is 1. The topological polar surface area (TPSA) is 98.3 Å². The van der Waals surface area contributed by atoms with Crippen LogP contribution in [-0.4, -0.2) is 23.9 Å². The SMILES string of the molecule is CC(CCN)C(=O)NCCc1ccc([N+](=O)[O-])cc1. The summed E-state index contributed by atoms with van der Waals surface area (Å²) in [6.07, 6.45) is 1.32. The predicted molar refractivity (Wildman–Crippen MR) is 72.6 cm³/mol. The lowest BCUT2D eigenvalue weighted by Gasteiger charge is -2.10. The summed E-state index contributed by atoms with van der Waals surface area (Å²) in [6.45, 7) is 2.86. The Kier molecular flexibility index (Phi) is 5.95. The summed E-state index contributed by atoms with van der Waals surface area (Å²) in [5.74, 6) is -0.0887. The summed E-state index contributed by atoms with van der Waals surface area (Å²) < 4.78 is 0. The Bertz CT molecular complexity index is 431. The zero-order valence-electron chi connectivity index (χ0n) is 11.0. The zero-order valence-corrected chi connectivity index (χ0v) is 11.0. The van der Waals surface area contributed by atoms with Gasteiger partial charge < -0.3 is 11.1 Å². The molecule has 1 atom stereocenters. The Balaban J connectivity index is 2.37. The van der Waals surface area contributed by atoms with Gasteiger partial charge in [-0.2, -0.15) is 0 Å². The molecule has 1 aromatic carbocycles. The van der Waals surface area contributed by atoms with Crippen molar-refractivity contribution in [2.24, 2.45) is 11.7 Å². The molecule has 1 rings (SSSR count). The van der Waals surface area contributed by atoms with Crippen LogP contribution >= 0.6 is 0 Å². The molecule has 0 saturated carbocycles. The maximum atomic E-state index is 11.6. The molecule has 0 aliphatic carbocycles. The van der Waals surface area contributed by atoms with Gasteiger partial charge in [0.05, 0.1) is 4.92 Å². The average Bonchev–Trinajstić information content (AvgIpc) is 2.39. The minimum atomic E-state index is -0.431. The third-order valence-electron chi connectivity index (χ3n) is 2.91. The summed E-state index contributed by atoms with van der Waals surface area (Å²) in [6, 6.07) is 6.34. The molecule has 1 amide bonds. The first-order valence-electron chi connectivity index (χ1n) is 6.25. The smallest absolute Gasteiger partial charge is 0.269 e. The van der Waals surface area contributed by atoms with Crippen molar-refractivity contribution < 1.29 is 9.72 Å². The molecule has 0 aliphatic heterocycles. The Morgan fingerprint density at radius 1 is 1.42 bits per heavy atom. The number of nitrogens with one attached hydrogen (secondary N) is 1. The fourth-order valence-corrected chi connectivity index (χ4v) is 1.67. The van der Waals surface area contributed by atoms with Crippen molar-refractivity contribution in [3.05, 3.63) is 39.9 Å². The number of rotatable bonds is 7. The van der Waals surface area contributed by atoms with Gasteiger partial charge in [-0.15, -0.1) is 0 Å². The first-order valence-corrected chi connectivity index (χ1v) is 6.25. The van der Waals surface area contributed by atoms with Gasteiger partial charge >= 0.3 is 0 Å². The van der Waals surface area contributed by atoms with Crippen LogP contribution in [0.25, 0.3) is 0 Å². The second kappa shape index (κ2) is 7.48. The molecule has 1 aromatic rings. The van der Waals surface area contributed by atoms with Gasteiger partial charge in [-0.25, -0.2) is 0 Å². The number of nitro benzene ring substituents is 1. The number of carbonyl (C=O) groups excluding carboxylic acids is 1. The minimum Gasteiger partial charge on any atom is -0.356 e. The minimum absolute atomic E-state index is 0.00707. The second-order valence-corrected chi connectivity index (χ2v) is 4.44. The zero-order chi connectivity index (χ0) is 14.3. The normalized spacial score (nSPS) is 11.9. The molecule has 6 nitrogen and oxygen atoms in total. The largest absolute Gasteiger partial charge is 0.356 e. The lowest BCUT2D eigenvalue weighted by molar-refractivity contribution is -0.384. The van der Waals surface area contributed by atoms with Crippen molar-refractivity contribution in [1.82, 2.24) is 5.32 Å². The van der Waals surface area contributed by atoms with Crippen LogP contribution in [0, 0.1) is 16.0 Å². The molecule has 0 radical (unpaired) electrons. The van der Waals surface area contributed by atoms with Gasteiger partial charge in [-0.05, 0) is 24.9 Å².